The van der Waals surface area contributed by atoms with Gasteiger partial charge in [-0.15, -0.1) is 0 Å². The smallest absolute Gasteiger partial charge is 0.181 e. The first-order valence-electron chi connectivity index (χ1n) is 6.58. The van der Waals surface area contributed by atoms with Gasteiger partial charge in [0.2, 0.25) is 0 Å². The lowest BCUT2D eigenvalue weighted by molar-refractivity contribution is 0.0861. The molecule has 2 aromatic rings. The highest BCUT2D eigenvalue weighted by atomic mass is 35.5. The number of pyridine rings is 1. The molecule has 0 bridgehead atoms. The summed E-state index contributed by atoms with van der Waals surface area (Å²) in [5, 5.41) is 0.900. The van der Waals surface area contributed by atoms with E-state index < -0.39 is 0 Å². The molecule has 0 aliphatic heterocycles. The largest absolute Gasteiger partial charge is 0.292 e. The number of carbonyl (C=O) groups excluding carboxylic acids is 1. The summed E-state index contributed by atoms with van der Waals surface area (Å²) in [7, 11) is 1.89. The van der Waals surface area contributed by atoms with Crippen molar-refractivity contribution in [2.24, 2.45) is 0 Å². The van der Waals surface area contributed by atoms with Gasteiger partial charge >= 0.3 is 0 Å². The molecule has 0 saturated carbocycles. The van der Waals surface area contributed by atoms with E-state index in [0.717, 1.165) is 5.69 Å². The molecule has 21 heavy (non-hydrogen) atoms. The SMILES string of the molecule is CC(C(=O)c1ccc(Cl)cc1Cl)N(C)Cc1ccccn1. The van der Waals surface area contributed by atoms with E-state index in [4.69, 9.17) is 23.2 Å². The van der Waals surface area contributed by atoms with Crippen LogP contribution in [-0.4, -0.2) is 28.8 Å². The average molecular weight is 323 g/mol. The zero-order chi connectivity index (χ0) is 15.4. The van der Waals surface area contributed by atoms with Gasteiger partial charge in [-0.05, 0) is 44.3 Å². The van der Waals surface area contributed by atoms with Crippen molar-refractivity contribution < 1.29 is 4.79 Å². The summed E-state index contributed by atoms with van der Waals surface area (Å²) in [6.07, 6.45) is 1.74. The topological polar surface area (TPSA) is 33.2 Å². The zero-order valence-corrected chi connectivity index (χ0v) is 13.4. The van der Waals surface area contributed by atoms with Crippen LogP contribution < -0.4 is 0 Å². The predicted octanol–water partition coefficient (Wildman–Crippen LogP) is 4.09. The highest BCUT2D eigenvalue weighted by Crippen LogP contribution is 2.23. The Bertz CT molecular complexity index is 631. The number of nitrogens with zero attached hydrogens (tertiary/aromatic N) is 2. The molecule has 110 valence electrons. The summed E-state index contributed by atoms with van der Waals surface area (Å²) < 4.78 is 0. The van der Waals surface area contributed by atoms with Crippen LogP contribution in [0.1, 0.15) is 23.0 Å². The molecule has 0 saturated heterocycles. The third-order valence-corrected chi connectivity index (χ3v) is 3.92. The Kier molecular flexibility index (Phi) is 5.34. The molecule has 3 nitrogen and oxygen atoms in total. The first kappa shape index (κ1) is 16.0. The summed E-state index contributed by atoms with van der Waals surface area (Å²) in [4.78, 5) is 18.7. The summed E-state index contributed by atoms with van der Waals surface area (Å²) in [6.45, 7) is 2.45. The summed E-state index contributed by atoms with van der Waals surface area (Å²) >= 11 is 12.0. The fourth-order valence-electron chi connectivity index (χ4n) is 2.00. The van der Waals surface area contributed by atoms with Crippen molar-refractivity contribution in [3.63, 3.8) is 0 Å². The number of hydrogen-bond donors (Lipinski definition) is 0. The van der Waals surface area contributed by atoms with E-state index in [-0.39, 0.29) is 11.8 Å². The van der Waals surface area contributed by atoms with Crippen LogP contribution in [0.15, 0.2) is 42.6 Å². The maximum Gasteiger partial charge on any atom is 0.181 e. The van der Waals surface area contributed by atoms with Crippen LogP contribution in [0, 0.1) is 0 Å². The van der Waals surface area contributed by atoms with Crippen LogP contribution in [0.4, 0.5) is 0 Å². The van der Waals surface area contributed by atoms with E-state index in [9.17, 15) is 4.79 Å². The minimum Gasteiger partial charge on any atom is -0.292 e. The van der Waals surface area contributed by atoms with Gasteiger partial charge in [0, 0.05) is 23.3 Å². The molecule has 2 rings (SSSR count). The number of hydrogen-bond acceptors (Lipinski definition) is 3. The van der Waals surface area contributed by atoms with E-state index >= 15 is 0 Å². The summed E-state index contributed by atoms with van der Waals surface area (Å²) in [5.74, 6) is -0.0323. The quantitative estimate of drug-likeness (QED) is 0.777. The molecule has 5 heteroatoms. The van der Waals surface area contributed by atoms with Crippen molar-refractivity contribution in [1.82, 2.24) is 9.88 Å². The molecule has 1 atom stereocenters. The third-order valence-electron chi connectivity index (χ3n) is 3.37. The second-order valence-corrected chi connectivity index (χ2v) is 5.74. The van der Waals surface area contributed by atoms with Crippen molar-refractivity contribution in [2.75, 3.05) is 7.05 Å². The van der Waals surface area contributed by atoms with Crippen LogP contribution in [0.2, 0.25) is 10.0 Å². The maximum absolute atomic E-state index is 12.5. The average Bonchev–Trinajstić information content (AvgIpc) is 2.47. The van der Waals surface area contributed by atoms with Gasteiger partial charge < -0.3 is 0 Å². The van der Waals surface area contributed by atoms with E-state index in [1.807, 2.05) is 37.1 Å². The van der Waals surface area contributed by atoms with Gasteiger partial charge in [-0.25, -0.2) is 0 Å². The lowest BCUT2D eigenvalue weighted by Crippen LogP contribution is -2.35. The molecule has 0 fully saturated rings. The molecule has 0 aliphatic rings. The Morgan fingerprint density at radius 2 is 2.05 bits per heavy atom. The first-order chi connectivity index (χ1) is 9.99. The minimum absolute atomic E-state index is 0.0323. The Morgan fingerprint density at radius 1 is 1.29 bits per heavy atom. The van der Waals surface area contributed by atoms with Crippen molar-refractivity contribution in [2.45, 2.75) is 19.5 Å². The molecule has 1 heterocycles. The maximum atomic E-state index is 12.5. The Balaban J connectivity index is 2.11. The standard InChI is InChI=1S/C16H16Cl2N2O/c1-11(20(2)10-13-5-3-4-8-19-13)16(21)14-7-6-12(17)9-15(14)18/h3-9,11H,10H2,1-2H3. The number of likely N-dealkylation sites (N-methyl/N-ethyl adjacent to an activating group) is 1. The first-order valence-corrected chi connectivity index (χ1v) is 7.34. The molecular formula is C16H16Cl2N2O. The monoisotopic (exact) mass is 322 g/mol. The highest BCUT2D eigenvalue weighted by Gasteiger charge is 2.22. The normalized spacial score (nSPS) is 12.4. The van der Waals surface area contributed by atoms with Crippen molar-refractivity contribution in [3.8, 4) is 0 Å². The number of Topliss-reactive ketones (excluding diaryl/α,β-unsaturated/α-hetero) is 1. The molecular weight excluding hydrogens is 307 g/mol. The molecule has 1 aromatic heterocycles. The number of carbonyl (C=O) groups is 1. The predicted molar refractivity (Wildman–Crippen MR) is 86.0 cm³/mol. The minimum atomic E-state index is -0.300. The summed E-state index contributed by atoms with van der Waals surface area (Å²) in [6, 6.07) is 10.4. The molecule has 0 amide bonds. The van der Waals surface area contributed by atoms with Crippen LogP contribution in [0.3, 0.4) is 0 Å². The second-order valence-electron chi connectivity index (χ2n) is 4.90. The van der Waals surface area contributed by atoms with Gasteiger partial charge in [-0.3, -0.25) is 14.7 Å². The second kappa shape index (κ2) is 7.03. The molecule has 0 radical (unpaired) electrons. The number of ketones is 1. The number of halogens is 2. The molecule has 1 aromatic carbocycles. The van der Waals surface area contributed by atoms with Crippen LogP contribution >= 0.6 is 23.2 Å². The van der Waals surface area contributed by atoms with Crippen LogP contribution in [-0.2, 0) is 6.54 Å². The molecule has 0 aliphatic carbocycles. The highest BCUT2D eigenvalue weighted by molar-refractivity contribution is 6.37. The van der Waals surface area contributed by atoms with E-state index in [1.54, 1.807) is 24.4 Å². The van der Waals surface area contributed by atoms with Crippen molar-refractivity contribution in [3.05, 3.63) is 63.9 Å². The van der Waals surface area contributed by atoms with Gasteiger partial charge in [0.15, 0.2) is 5.78 Å². The van der Waals surface area contributed by atoms with Gasteiger partial charge in [-0.2, -0.15) is 0 Å². The Morgan fingerprint density at radius 3 is 2.67 bits per heavy atom. The van der Waals surface area contributed by atoms with E-state index in [0.29, 0.717) is 22.2 Å². The van der Waals surface area contributed by atoms with Crippen molar-refractivity contribution >= 4 is 29.0 Å². The van der Waals surface area contributed by atoms with E-state index in [2.05, 4.69) is 4.98 Å². The number of aromatic nitrogens is 1. The van der Waals surface area contributed by atoms with Gasteiger partial charge in [0.25, 0.3) is 0 Å². The van der Waals surface area contributed by atoms with Crippen molar-refractivity contribution in [1.29, 1.82) is 0 Å². The zero-order valence-electron chi connectivity index (χ0n) is 11.9. The summed E-state index contributed by atoms with van der Waals surface area (Å²) in [5.41, 5.74) is 1.41. The number of rotatable bonds is 5. The van der Waals surface area contributed by atoms with Gasteiger partial charge in [0.05, 0.1) is 16.8 Å². The lowest BCUT2D eigenvalue weighted by Gasteiger charge is -2.23. The Labute approximate surface area is 134 Å². The lowest BCUT2D eigenvalue weighted by atomic mass is 10.0. The van der Waals surface area contributed by atoms with E-state index in [1.165, 1.54) is 0 Å². The van der Waals surface area contributed by atoms with Crippen LogP contribution in [0.25, 0.3) is 0 Å². The molecule has 0 spiro atoms. The molecule has 1 unspecified atom stereocenters. The van der Waals surface area contributed by atoms with Gasteiger partial charge in [0.1, 0.15) is 0 Å². The fourth-order valence-corrected chi connectivity index (χ4v) is 2.50. The molecule has 0 N–H and O–H groups in total. The van der Waals surface area contributed by atoms with Gasteiger partial charge in [-0.1, -0.05) is 29.3 Å². The number of benzene rings is 1. The van der Waals surface area contributed by atoms with Crippen LogP contribution in [0.5, 0.6) is 0 Å². The Hall–Kier alpha value is -1.42. The third kappa shape index (κ3) is 4.03. The fraction of sp³-hybridized carbons (Fsp3) is 0.250.